The average molecular weight is 264 g/mol. The summed E-state index contributed by atoms with van der Waals surface area (Å²) in [5.74, 6) is -0.595. The molecule has 0 saturated heterocycles. The van der Waals surface area contributed by atoms with Crippen molar-refractivity contribution >= 4 is 17.4 Å². The summed E-state index contributed by atoms with van der Waals surface area (Å²) < 4.78 is 13.0. The van der Waals surface area contributed by atoms with E-state index in [1.165, 1.54) is 12.1 Å². The number of halogens is 2. The largest absolute Gasteiger partial charge is 0.292 e. The van der Waals surface area contributed by atoms with E-state index in [1.54, 1.807) is 18.3 Å². The standard InChI is InChI=1S/C14H11ClFNO/c1-9-4-5-17-13(6-9)14(18)8-10-2-3-12(16)11(15)7-10/h2-7H,8H2,1H3. The molecule has 1 heterocycles. The highest BCUT2D eigenvalue weighted by atomic mass is 35.5. The summed E-state index contributed by atoms with van der Waals surface area (Å²) in [5.41, 5.74) is 2.07. The monoisotopic (exact) mass is 263 g/mol. The zero-order valence-corrected chi connectivity index (χ0v) is 10.5. The second-order valence-corrected chi connectivity index (χ2v) is 4.47. The molecule has 2 aromatic rings. The van der Waals surface area contributed by atoms with Crippen LogP contribution < -0.4 is 0 Å². The molecule has 1 aromatic heterocycles. The van der Waals surface area contributed by atoms with Crippen molar-refractivity contribution < 1.29 is 9.18 Å². The van der Waals surface area contributed by atoms with Gasteiger partial charge in [-0.3, -0.25) is 9.78 Å². The fourth-order valence-electron chi connectivity index (χ4n) is 1.61. The van der Waals surface area contributed by atoms with Crippen LogP contribution in [-0.2, 0) is 6.42 Å². The Morgan fingerprint density at radius 1 is 1.33 bits per heavy atom. The number of hydrogen-bond acceptors (Lipinski definition) is 2. The Labute approximate surface area is 109 Å². The lowest BCUT2D eigenvalue weighted by Crippen LogP contribution is -2.06. The molecule has 0 saturated carbocycles. The van der Waals surface area contributed by atoms with Gasteiger partial charge >= 0.3 is 0 Å². The highest BCUT2D eigenvalue weighted by molar-refractivity contribution is 6.30. The first-order chi connectivity index (χ1) is 8.56. The van der Waals surface area contributed by atoms with E-state index in [2.05, 4.69) is 4.98 Å². The van der Waals surface area contributed by atoms with Crippen molar-refractivity contribution in [3.05, 3.63) is 64.2 Å². The van der Waals surface area contributed by atoms with Gasteiger partial charge in [0.15, 0.2) is 5.78 Å². The van der Waals surface area contributed by atoms with Gasteiger partial charge in [-0.1, -0.05) is 17.7 Å². The third-order valence-electron chi connectivity index (χ3n) is 2.55. The van der Waals surface area contributed by atoms with Gasteiger partial charge in [0.05, 0.1) is 5.02 Å². The third-order valence-corrected chi connectivity index (χ3v) is 2.84. The summed E-state index contributed by atoms with van der Waals surface area (Å²) in [7, 11) is 0. The minimum atomic E-state index is -0.485. The number of aryl methyl sites for hydroxylation is 1. The number of carbonyl (C=O) groups excluding carboxylic acids is 1. The maximum Gasteiger partial charge on any atom is 0.185 e. The van der Waals surface area contributed by atoms with Gasteiger partial charge in [-0.2, -0.15) is 0 Å². The molecule has 0 unspecified atom stereocenters. The zero-order chi connectivity index (χ0) is 13.1. The second-order valence-electron chi connectivity index (χ2n) is 4.07. The molecule has 0 N–H and O–H groups in total. The van der Waals surface area contributed by atoms with E-state index in [9.17, 15) is 9.18 Å². The highest BCUT2D eigenvalue weighted by Gasteiger charge is 2.10. The summed E-state index contributed by atoms with van der Waals surface area (Å²) in [6.45, 7) is 1.90. The van der Waals surface area contributed by atoms with E-state index in [1.807, 2.05) is 13.0 Å². The molecule has 0 fully saturated rings. The number of pyridine rings is 1. The van der Waals surface area contributed by atoms with Gasteiger partial charge in [0.25, 0.3) is 0 Å². The summed E-state index contributed by atoms with van der Waals surface area (Å²) in [4.78, 5) is 16.0. The van der Waals surface area contributed by atoms with Crippen molar-refractivity contribution in [2.75, 3.05) is 0 Å². The molecule has 4 heteroatoms. The lowest BCUT2D eigenvalue weighted by atomic mass is 10.1. The minimum Gasteiger partial charge on any atom is -0.292 e. The summed E-state index contributed by atoms with van der Waals surface area (Å²) >= 11 is 5.67. The van der Waals surface area contributed by atoms with Crippen LogP contribution in [0, 0.1) is 12.7 Å². The Morgan fingerprint density at radius 3 is 2.78 bits per heavy atom. The molecular formula is C14H11ClFNO. The molecule has 0 aliphatic heterocycles. The molecule has 92 valence electrons. The van der Waals surface area contributed by atoms with Crippen LogP contribution in [0.25, 0.3) is 0 Å². The molecule has 2 rings (SSSR count). The lowest BCUT2D eigenvalue weighted by molar-refractivity contribution is 0.0988. The van der Waals surface area contributed by atoms with Crippen molar-refractivity contribution in [3.8, 4) is 0 Å². The van der Waals surface area contributed by atoms with Crippen molar-refractivity contribution in [1.82, 2.24) is 4.98 Å². The smallest absolute Gasteiger partial charge is 0.185 e. The van der Waals surface area contributed by atoms with Crippen LogP contribution in [-0.4, -0.2) is 10.8 Å². The molecule has 0 atom stereocenters. The van der Waals surface area contributed by atoms with Crippen molar-refractivity contribution in [2.24, 2.45) is 0 Å². The molecule has 2 nitrogen and oxygen atoms in total. The quantitative estimate of drug-likeness (QED) is 0.792. The minimum absolute atomic E-state index is 0.0255. The van der Waals surface area contributed by atoms with Crippen LogP contribution in [0.3, 0.4) is 0 Å². The van der Waals surface area contributed by atoms with Crippen LogP contribution in [0.15, 0.2) is 36.5 Å². The molecule has 18 heavy (non-hydrogen) atoms. The summed E-state index contributed by atoms with van der Waals surface area (Å²) in [6.07, 6.45) is 1.76. The van der Waals surface area contributed by atoms with E-state index in [4.69, 9.17) is 11.6 Å². The van der Waals surface area contributed by atoms with E-state index in [0.717, 1.165) is 5.56 Å². The molecular weight excluding hydrogens is 253 g/mol. The molecule has 0 amide bonds. The number of Topliss-reactive ketones (excluding diaryl/α,β-unsaturated/α-hetero) is 1. The number of nitrogens with zero attached hydrogens (tertiary/aromatic N) is 1. The predicted octanol–water partition coefficient (Wildman–Crippen LogP) is 3.61. The maximum atomic E-state index is 13.0. The van der Waals surface area contributed by atoms with Gasteiger partial charge in [-0.25, -0.2) is 4.39 Å². The Balaban J connectivity index is 2.18. The number of aromatic nitrogens is 1. The first-order valence-electron chi connectivity index (χ1n) is 5.46. The first-order valence-corrected chi connectivity index (χ1v) is 5.84. The Bertz CT molecular complexity index is 598. The Morgan fingerprint density at radius 2 is 2.11 bits per heavy atom. The molecule has 0 spiro atoms. The SMILES string of the molecule is Cc1ccnc(C(=O)Cc2ccc(F)c(Cl)c2)c1. The number of benzene rings is 1. The van der Waals surface area contributed by atoms with E-state index < -0.39 is 5.82 Å². The van der Waals surface area contributed by atoms with E-state index >= 15 is 0 Å². The average Bonchev–Trinajstić information content (AvgIpc) is 2.34. The Hall–Kier alpha value is -1.74. The number of hydrogen-bond donors (Lipinski definition) is 0. The number of carbonyl (C=O) groups is 1. The van der Waals surface area contributed by atoms with Crippen LogP contribution in [0.2, 0.25) is 5.02 Å². The van der Waals surface area contributed by atoms with Crippen LogP contribution in [0.4, 0.5) is 4.39 Å². The number of ketones is 1. The molecule has 0 aliphatic carbocycles. The fraction of sp³-hybridized carbons (Fsp3) is 0.143. The number of rotatable bonds is 3. The molecule has 0 bridgehead atoms. The molecule has 1 aromatic carbocycles. The molecule has 0 aliphatic rings. The molecule has 0 radical (unpaired) electrons. The van der Waals surface area contributed by atoms with Gasteiger partial charge in [0, 0.05) is 12.6 Å². The van der Waals surface area contributed by atoms with Gasteiger partial charge in [0.2, 0.25) is 0 Å². The van der Waals surface area contributed by atoms with Gasteiger partial charge in [-0.05, 0) is 42.3 Å². The topological polar surface area (TPSA) is 30.0 Å². The lowest BCUT2D eigenvalue weighted by Gasteiger charge is -2.03. The van der Waals surface area contributed by atoms with Crippen molar-refractivity contribution in [1.29, 1.82) is 0 Å². The van der Waals surface area contributed by atoms with Crippen LogP contribution in [0.1, 0.15) is 21.6 Å². The highest BCUT2D eigenvalue weighted by Crippen LogP contribution is 2.17. The Kier molecular flexibility index (Phi) is 3.72. The van der Waals surface area contributed by atoms with Gasteiger partial charge in [0.1, 0.15) is 11.5 Å². The predicted molar refractivity (Wildman–Crippen MR) is 68.4 cm³/mol. The fourth-order valence-corrected chi connectivity index (χ4v) is 1.82. The first kappa shape index (κ1) is 12.7. The third kappa shape index (κ3) is 2.93. The second kappa shape index (κ2) is 5.27. The van der Waals surface area contributed by atoms with Crippen LogP contribution >= 0.6 is 11.6 Å². The van der Waals surface area contributed by atoms with E-state index in [-0.39, 0.29) is 17.2 Å². The van der Waals surface area contributed by atoms with Crippen molar-refractivity contribution in [3.63, 3.8) is 0 Å². The van der Waals surface area contributed by atoms with Gasteiger partial charge < -0.3 is 0 Å². The maximum absolute atomic E-state index is 13.0. The summed E-state index contributed by atoms with van der Waals surface area (Å²) in [6, 6.07) is 7.83. The normalized spacial score (nSPS) is 10.4. The zero-order valence-electron chi connectivity index (χ0n) is 9.78. The van der Waals surface area contributed by atoms with E-state index in [0.29, 0.717) is 11.3 Å². The van der Waals surface area contributed by atoms with Crippen molar-refractivity contribution in [2.45, 2.75) is 13.3 Å². The van der Waals surface area contributed by atoms with Crippen LogP contribution in [0.5, 0.6) is 0 Å². The van der Waals surface area contributed by atoms with Gasteiger partial charge in [-0.15, -0.1) is 0 Å². The summed E-state index contributed by atoms with van der Waals surface area (Å²) in [5, 5.41) is 0.0255.